The van der Waals surface area contributed by atoms with Gasteiger partial charge in [0.15, 0.2) is 16.6 Å². The number of amides is 1. The minimum absolute atomic E-state index is 0.00666. The number of anilines is 1. The van der Waals surface area contributed by atoms with E-state index in [9.17, 15) is 4.79 Å². The fourth-order valence-corrected chi connectivity index (χ4v) is 6.54. The molecule has 0 spiro atoms. The molecule has 188 valence electrons. The van der Waals surface area contributed by atoms with Gasteiger partial charge in [-0.25, -0.2) is 4.98 Å². The van der Waals surface area contributed by atoms with Gasteiger partial charge in [0, 0.05) is 24.2 Å². The summed E-state index contributed by atoms with van der Waals surface area (Å²) in [5.74, 6) is 1.43. The zero-order chi connectivity index (χ0) is 24.7. The summed E-state index contributed by atoms with van der Waals surface area (Å²) < 4.78 is 16.5. The normalized spacial score (nSPS) is 20.9. The molecule has 2 aliphatic heterocycles. The lowest BCUT2D eigenvalue weighted by Crippen LogP contribution is -2.36. The number of carbonyl (C=O) groups is 1. The molecule has 1 N–H and O–H groups in total. The first-order valence-corrected chi connectivity index (χ1v) is 13.4. The van der Waals surface area contributed by atoms with Crippen molar-refractivity contribution in [3.8, 4) is 11.5 Å². The van der Waals surface area contributed by atoms with Gasteiger partial charge in [-0.1, -0.05) is 47.2 Å². The lowest BCUT2D eigenvalue weighted by molar-refractivity contribution is -0.118. The van der Waals surface area contributed by atoms with Crippen LogP contribution in [0.1, 0.15) is 53.3 Å². The number of nitrogens with zero attached hydrogens (tertiary/aromatic N) is 2. The van der Waals surface area contributed by atoms with Gasteiger partial charge in [-0.2, -0.15) is 0 Å². The molecule has 1 aromatic heterocycles. The summed E-state index contributed by atoms with van der Waals surface area (Å²) in [6.45, 7) is 4.08. The molecule has 3 aliphatic rings. The lowest BCUT2D eigenvalue weighted by Gasteiger charge is -2.32. The van der Waals surface area contributed by atoms with Crippen molar-refractivity contribution in [3.05, 3.63) is 70.2 Å². The SMILES string of the molecule is COCC1CCCN1C(c1cccc(C)c1)c1cnc(NC(=O)C2(c3ccc4c(c3)OCO4)CC2)s1. The number of ether oxygens (including phenoxy) is 3. The Balaban J connectivity index is 1.25. The lowest BCUT2D eigenvalue weighted by atomic mass is 9.94. The van der Waals surface area contributed by atoms with Gasteiger partial charge in [0.1, 0.15) is 0 Å². The Morgan fingerprint density at radius 3 is 2.92 bits per heavy atom. The van der Waals surface area contributed by atoms with E-state index in [1.807, 2.05) is 24.4 Å². The molecule has 3 heterocycles. The number of aromatic nitrogens is 1. The number of aryl methyl sites for hydroxylation is 1. The van der Waals surface area contributed by atoms with E-state index in [0.29, 0.717) is 23.5 Å². The van der Waals surface area contributed by atoms with Crippen LogP contribution in [0.2, 0.25) is 0 Å². The topological polar surface area (TPSA) is 72.9 Å². The Morgan fingerprint density at radius 2 is 2.11 bits per heavy atom. The van der Waals surface area contributed by atoms with Crippen molar-refractivity contribution in [1.29, 1.82) is 0 Å². The highest BCUT2D eigenvalue weighted by Crippen LogP contribution is 2.51. The second-order valence-electron chi connectivity index (χ2n) is 9.98. The highest BCUT2D eigenvalue weighted by molar-refractivity contribution is 7.15. The van der Waals surface area contributed by atoms with Gasteiger partial charge in [-0.15, -0.1) is 0 Å². The summed E-state index contributed by atoms with van der Waals surface area (Å²) in [6, 6.07) is 14.9. The molecule has 1 saturated carbocycles. The van der Waals surface area contributed by atoms with Gasteiger partial charge in [0.05, 0.1) is 18.1 Å². The summed E-state index contributed by atoms with van der Waals surface area (Å²) in [7, 11) is 1.77. The number of methoxy groups -OCH3 is 1. The highest BCUT2D eigenvalue weighted by Gasteiger charge is 2.52. The average Bonchev–Trinajstić information content (AvgIpc) is 3.18. The van der Waals surface area contributed by atoms with Gasteiger partial charge in [0.2, 0.25) is 12.7 Å². The fourth-order valence-electron chi connectivity index (χ4n) is 5.58. The van der Waals surface area contributed by atoms with Crippen molar-refractivity contribution in [1.82, 2.24) is 9.88 Å². The van der Waals surface area contributed by atoms with E-state index in [0.717, 1.165) is 48.4 Å². The maximum absolute atomic E-state index is 13.4. The standard InChI is InChI=1S/C28H31N3O4S/c1-18-5-3-6-19(13-18)25(31-12-4-7-21(31)16-33-2)24-15-29-27(36-24)30-26(32)28(10-11-28)20-8-9-22-23(14-20)35-17-34-22/h3,5-6,8-9,13-15,21,25H,4,7,10-12,16-17H2,1-2H3,(H,29,30,32). The fraction of sp³-hybridized carbons (Fsp3) is 0.429. The minimum atomic E-state index is -0.527. The number of rotatable bonds is 8. The molecule has 1 amide bonds. The molecular weight excluding hydrogens is 474 g/mol. The molecular formula is C28H31N3O4S. The summed E-state index contributed by atoms with van der Waals surface area (Å²) in [5.41, 5.74) is 2.93. The molecule has 7 nitrogen and oxygen atoms in total. The van der Waals surface area contributed by atoms with Crippen LogP contribution in [0.5, 0.6) is 11.5 Å². The Bertz CT molecular complexity index is 1270. The molecule has 0 bridgehead atoms. The first kappa shape index (κ1) is 23.5. The van der Waals surface area contributed by atoms with E-state index >= 15 is 0 Å². The van der Waals surface area contributed by atoms with Crippen LogP contribution in [-0.2, 0) is 14.9 Å². The van der Waals surface area contributed by atoms with Gasteiger partial charge in [-0.05, 0) is 62.4 Å². The zero-order valence-corrected chi connectivity index (χ0v) is 21.5. The number of carbonyl (C=O) groups excluding carboxylic acids is 1. The molecule has 8 heteroatoms. The number of fused-ring (bicyclic) bond motifs is 1. The van der Waals surface area contributed by atoms with E-state index in [1.165, 1.54) is 11.1 Å². The van der Waals surface area contributed by atoms with Crippen molar-refractivity contribution >= 4 is 22.4 Å². The van der Waals surface area contributed by atoms with Crippen molar-refractivity contribution < 1.29 is 19.0 Å². The third-order valence-corrected chi connectivity index (χ3v) is 8.56. The smallest absolute Gasteiger partial charge is 0.236 e. The summed E-state index contributed by atoms with van der Waals surface area (Å²) in [4.78, 5) is 21.8. The number of hydrogen-bond donors (Lipinski definition) is 1. The Morgan fingerprint density at radius 1 is 1.25 bits per heavy atom. The quantitative estimate of drug-likeness (QED) is 0.462. The molecule has 2 unspecified atom stereocenters. The van der Waals surface area contributed by atoms with Crippen molar-refractivity contribution in [3.63, 3.8) is 0 Å². The van der Waals surface area contributed by atoms with Crippen molar-refractivity contribution in [2.24, 2.45) is 0 Å². The van der Waals surface area contributed by atoms with Gasteiger partial charge < -0.3 is 19.5 Å². The first-order chi connectivity index (χ1) is 17.6. The molecule has 36 heavy (non-hydrogen) atoms. The number of benzene rings is 2. The number of hydrogen-bond acceptors (Lipinski definition) is 7. The number of likely N-dealkylation sites (tertiary alicyclic amines) is 1. The van der Waals surface area contributed by atoms with Crippen LogP contribution < -0.4 is 14.8 Å². The summed E-state index contributed by atoms with van der Waals surface area (Å²) in [5, 5.41) is 3.77. The molecule has 6 rings (SSSR count). The van der Waals surface area contributed by atoms with E-state index in [-0.39, 0.29) is 18.7 Å². The van der Waals surface area contributed by atoms with E-state index in [2.05, 4.69) is 46.4 Å². The average molecular weight is 506 g/mol. The predicted molar refractivity (Wildman–Crippen MR) is 139 cm³/mol. The third-order valence-electron chi connectivity index (χ3n) is 7.59. The summed E-state index contributed by atoms with van der Waals surface area (Å²) in [6.07, 6.45) is 5.83. The molecule has 2 fully saturated rings. The molecule has 0 radical (unpaired) electrons. The Labute approximate surface area is 215 Å². The second kappa shape index (κ2) is 9.50. The Kier molecular flexibility index (Phi) is 6.19. The second-order valence-corrected chi connectivity index (χ2v) is 11.0. The number of nitrogens with one attached hydrogen (secondary N) is 1. The van der Waals surface area contributed by atoms with E-state index in [1.54, 1.807) is 18.4 Å². The van der Waals surface area contributed by atoms with E-state index in [4.69, 9.17) is 14.2 Å². The predicted octanol–water partition coefficient (Wildman–Crippen LogP) is 5.05. The van der Waals surface area contributed by atoms with Crippen LogP contribution in [0.15, 0.2) is 48.7 Å². The maximum atomic E-state index is 13.4. The molecule has 1 aliphatic carbocycles. The number of thiazole rings is 1. The van der Waals surface area contributed by atoms with Crippen LogP contribution >= 0.6 is 11.3 Å². The maximum Gasteiger partial charge on any atom is 0.236 e. The molecule has 2 aromatic carbocycles. The van der Waals surface area contributed by atoms with Crippen molar-refractivity contribution in [2.45, 2.75) is 50.1 Å². The van der Waals surface area contributed by atoms with E-state index < -0.39 is 5.41 Å². The van der Waals surface area contributed by atoms with Crippen LogP contribution in [0.3, 0.4) is 0 Å². The largest absolute Gasteiger partial charge is 0.454 e. The van der Waals surface area contributed by atoms with Gasteiger partial charge in [-0.3, -0.25) is 9.69 Å². The first-order valence-electron chi connectivity index (χ1n) is 12.6. The highest BCUT2D eigenvalue weighted by atomic mass is 32.1. The summed E-state index contributed by atoms with van der Waals surface area (Å²) >= 11 is 1.57. The van der Waals surface area contributed by atoms with Crippen LogP contribution in [0, 0.1) is 6.92 Å². The van der Waals surface area contributed by atoms with Crippen LogP contribution in [0.4, 0.5) is 5.13 Å². The molecule has 1 saturated heterocycles. The molecule has 3 aromatic rings. The monoisotopic (exact) mass is 505 g/mol. The third kappa shape index (κ3) is 4.27. The van der Waals surface area contributed by atoms with Crippen LogP contribution in [-0.4, -0.2) is 48.9 Å². The van der Waals surface area contributed by atoms with Gasteiger partial charge >= 0.3 is 0 Å². The minimum Gasteiger partial charge on any atom is -0.454 e. The zero-order valence-electron chi connectivity index (χ0n) is 20.7. The van der Waals surface area contributed by atoms with Crippen LogP contribution in [0.25, 0.3) is 0 Å². The molecule has 2 atom stereocenters. The van der Waals surface area contributed by atoms with Crippen molar-refractivity contribution in [2.75, 3.05) is 32.4 Å². The van der Waals surface area contributed by atoms with Gasteiger partial charge in [0.25, 0.3) is 0 Å². The Hall–Kier alpha value is -2.94.